The van der Waals surface area contributed by atoms with Crippen molar-refractivity contribution < 1.29 is 13.0 Å². The Labute approximate surface area is 119 Å². The Balaban J connectivity index is 2.17. The lowest BCUT2D eigenvalue weighted by molar-refractivity contribution is 0.478. The van der Waals surface area contributed by atoms with E-state index < -0.39 is 10.1 Å². The molecular formula is C15H17NO3S. The predicted molar refractivity (Wildman–Crippen MR) is 79.1 cm³/mol. The van der Waals surface area contributed by atoms with E-state index in [4.69, 9.17) is 4.55 Å². The molecule has 20 heavy (non-hydrogen) atoms. The van der Waals surface area contributed by atoms with Crippen molar-refractivity contribution in [3.8, 4) is 0 Å². The molecule has 0 spiro atoms. The van der Waals surface area contributed by atoms with Crippen molar-refractivity contribution in [3.05, 3.63) is 71.8 Å². The number of benzene rings is 2. The third kappa shape index (κ3) is 4.45. The molecule has 0 saturated heterocycles. The molecule has 2 rings (SSSR count). The fourth-order valence-corrected chi connectivity index (χ4v) is 2.43. The molecule has 106 valence electrons. The summed E-state index contributed by atoms with van der Waals surface area (Å²) >= 11 is 0. The Bertz CT molecular complexity index is 587. The number of rotatable bonds is 6. The molecule has 0 unspecified atom stereocenters. The van der Waals surface area contributed by atoms with Crippen LogP contribution in [0.1, 0.15) is 17.2 Å². The van der Waals surface area contributed by atoms with Crippen molar-refractivity contribution in [2.45, 2.75) is 6.04 Å². The van der Waals surface area contributed by atoms with Gasteiger partial charge in [0, 0.05) is 6.54 Å². The Hall–Kier alpha value is -1.69. The molecule has 0 heterocycles. The zero-order valence-electron chi connectivity index (χ0n) is 10.9. The Kier molecular flexibility index (Phi) is 4.89. The summed E-state index contributed by atoms with van der Waals surface area (Å²) in [6.07, 6.45) is 0. The summed E-state index contributed by atoms with van der Waals surface area (Å²) in [7, 11) is -3.95. The van der Waals surface area contributed by atoms with Crippen molar-refractivity contribution in [1.29, 1.82) is 0 Å². The second-order valence-electron chi connectivity index (χ2n) is 4.49. The van der Waals surface area contributed by atoms with Crippen LogP contribution in [0, 0.1) is 0 Å². The van der Waals surface area contributed by atoms with Crippen LogP contribution in [0.15, 0.2) is 60.7 Å². The van der Waals surface area contributed by atoms with E-state index in [0.29, 0.717) is 0 Å². The van der Waals surface area contributed by atoms with Crippen molar-refractivity contribution in [2.24, 2.45) is 0 Å². The highest BCUT2D eigenvalue weighted by molar-refractivity contribution is 7.85. The minimum atomic E-state index is -3.95. The fraction of sp³-hybridized carbons (Fsp3) is 0.200. The molecule has 0 fully saturated rings. The van der Waals surface area contributed by atoms with E-state index in [2.05, 4.69) is 5.32 Å². The lowest BCUT2D eigenvalue weighted by Crippen LogP contribution is -2.27. The van der Waals surface area contributed by atoms with E-state index in [1.807, 2.05) is 60.7 Å². The van der Waals surface area contributed by atoms with E-state index in [1.54, 1.807) is 0 Å². The van der Waals surface area contributed by atoms with E-state index in [0.717, 1.165) is 11.1 Å². The maximum Gasteiger partial charge on any atom is 0.266 e. The van der Waals surface area contributed by atoms with Crippen molar-refractivity contribution in [2.75, 3.05) is 12.3 Å². The fourth-order valence-electron chi connectivity index (χ4n) is 2.05. The third-order valence-electron chi connectivity index (χ3n) is 2.97. The minimum absolute atomic E-state index is 0.0980. The molecule has 2 N–H and O–H groups in total. The van der Waals surface area contributed by atoms with Crippen LogP contribution in [-0.2, 0) is 10.1 Å². The van der Waals surface area contributed by atoms with Crippen LogP contribution in [-0.4, -0.2) is 25.3 Å². The van der Waals surface area contributed by atoms with Gasteiger partial charge in [-0.1, -0.05) is 60.7 Å². The second-order valence-corrected chi connectivity index (χ2v) is 6.07. The molecule has 2 aromatic carbocycles. The van der Waals surface area contributed by atoms with Gasteiger partial charge in [0.15, 0.2) is 0 Å². The summed E-state index contributed by atoms with van der Waals surface area (Å²) in [5, 5.41) is 3.17. The largest absolute Gasteiger partial charge is 0.305 e. The number of hydrogen-bond acceptors (Lipinski definition) is 3. The minimum Gasteiger partial charge on any atom is -0.305 e. The molecule has 5 heteroatoms. The lowest BCUT2D eigenvalue weighted by atomic mass is 9.99. The van der Waals surface area contributed by atoms with Crippen LogP contribution in [0.2, 0.25) is 0 Å². The molecule has 0 aliphatic carbocycles. The lowest BCUT2D eigenvalue weighted by Gasteiger charge is -2.19. The standard InChI is InChI=1S/C15H17NO3S/c17-20(18,19)12-11-16-15(13-7-3-1-4-8-13)14-9-5-2-6-10-14/h1-10,15-16H,11-12H2,(H,17,18,19). The van der Waals surface area contributed by atoms with Gasteiger partial charge < -0.3 is 5.32 Å². The van der Waals surface area contributed by atoms with Gasteiger partial charge in [0.2, 0.25) is 0 Å². The van der Waals surface area contributed by atoms with Gasteiger partial charge in [-0.15, -0.1) is 0 Å². The first kappa shape index (κ1) is 14.7. The molecule has 0 bridgehead atoms. The first-order valence-corrected chi connectivity index (χ1v) is 7.95. The number of hydrogen-bond donors (Lipinski definition) is 2. The molecule has 0 radical (unpaired) electrons. The van der Waals surface area contributed by atoms with Crippen LogP contribution in [0.25, 0.3) is 0 Å². The summed E-state index contributed by atoms with van der Waals surface area (Å²) in [6, 6.07) is 19.5. The van der Waals surface area contributed by atoms with Crippen LogP contribution < -0.4 is 5.32 Å². The van der Waals surface area contributed by atoms with Gasteiger partial charge in [-0.05, 0) is 11.1 Å². The van der Waals surface area contributed by atoms with Gasteiger partial charge in [-0.2, -0.15) is 8.42 Å². The maximum atomic E-state index is 10.8. The molecule has 4 nitrogen and oxygen atoms in total. The summed E-state index contributed by atoms with van der Waals surface area (Å²) in [5.41, 5.74) is 2.10. The molecular weight excluding hydrogens is 274 g/mol. The highest BCUT2D eigenvalue weighted by atomic mass is 32.2. The first-order valence-electron chi connectivity index (χ1n) is 6.35. The van der Waals surface area contributed by atoms with Gasteiger partial charge >= 0.3 is 0 Å². The van der Waals surface area contributed by atoms with E-state index in [9.17, 15) is 8.42 Å². The third-order valence-corrected chi connectivity index (χ3v) is 3.69. The Morgan fingerprint density at radius 2 is 1.35 bits per heavy atom. The quantitative estimate of drug-likeness (QED) is 0.801. The number of nitrogens with one attached hydrogen (secondary N) is 1. The maximum absolute atomic E-state index is 10.8. The van der Waals surface area contributed by atoms with Crippen LogP contribution in [0.3, 0.4) is 0 Å². The van der Waals surface area contributed by atoms with Crippen LogP contribution >= 0.6 is 0 Å². The summed E-state index contributed by atoms with van der Waals surface area (Å²) < 4.78 is 30.4. The SMILES string of the molecule is O=S(=O)(O)CCNC(c1ccccc1)c1ccccc1. The van der Waals surface area contributed by atoms with Gasteiger partial charge in [0.1, 0.15) is 0 Å². The predicted octanol–water partition coefficient (Wildman–Crippen LogP) is 2.25. The van der Waals surface area contributed by atoms with Crippen LogP contribution in [0.4, 0.5) is 0 Å². The van der Waals surface area contributed by atoms with Gasteiger partial charge in [-0.25, -0.2) is 0 Å². The van der Waals surface area contributed by atoms with Crippen LogP contribution in [0.5, 0.6) is 0 Å². The zero-order valence-corrected chi connectivity index (χ0v) is 11.8. The average molecular weight is 291 g/mol. The summed E-state index contributed by atoms with van der Waals surface area (Å²) in [5.74, 6) is -0.302. The average Bonchev–Trinajstić information content (AvgIpc) is 2.44. The topological polar surface area (TPSA) is 66.4 Å². The highest BCUT2D eigenvalue weighted by Gasteiger charge is 2.14. The molecule has 0 saturated carbocycles. The highest BCUT2D eigenvalue weighted by Crippen LogP contribution is 2.21. The molecule has 0 amide bonds. The molecule has 0 aliphatic rings. The summed E-state index contributed by atoms with van der Waals surface area (Å²) in [6.45, 7) is 0.188. The normalized spacial score (nSPS) is 11.7. The smallest absolute Gasteiger partial charge is 0.266 e. The van der Waals surface area contributed by atoms with Crippen molar-refractivity contribution in [1.82, 2.24) is 5.32 Å². The van der Waals surface area contributed by atoms with E-state index >= 15 is 0 Å². The molecule has 0 atom stereocenters. The Morgan fingerprint density at radius 1 is 0.900 bits per heavy atom. The molecule has 0 aliphatic heterocycles. The monoisotopic (exact) mass is 291 g/mol. The first-order chi connectivity index (χ1) is 9.56. The van der Waals surface area contributed by atoms with Gasteiger partial charge in [0.05, 0.1) is 11.8 Å². The van der Waals surface area contributed by atoms with E-state index in [-0.39, 0.29) is 18.3 Å². The molecule has 2 aromatic rings. The summed E-state index contributed by atoms with van der Waals surface area (Å²) in [4.78, 5) is 0. The molecule has 0 aromatic heterocycles. The van der Waals surface area contributed by atoms with Crippen molar-refractivity contribution >= 4 is 10.1 Å². The second kappa shape index (κ2) is 6.65. The van der Waals surface area contributed by atoms with Gasteiger partial charge in [0.25, 0.3) is 10.1 Å². The van der Waals surface area contributed by atoms with E-state index in [1.165, 1.54) is 0 Å². The van der Waals surface area contributed by atoms with Gasteiger partial charge in [-0.3, -0.25) is 4.55 Å². The zero-order chi connectivity index (χ0) is 14.4. The Morgan fingerprint density at radius 3 is 1.75 bits per heavy atom. The van der Waals surface area contributed by atoms with Crippen molar-refractivity contribution in [3.63, 3.8) is 0 Å².